The lowest BCUT2D eigenvalue weighted by Gasteiger charge is -2.13. The van der Waals surface area contributed by atoms with Crippen molar-refractivity contribution in [3.63, 3.8) is 0 Å². The molecule has 2 heterocycles. The van der Waals surface area contributed by atoms with E-state index in [1.54, 1.807) is 0 Å². The number of hydrogen-bond donors (Lipinski definition) is 2. The number of anilines is 1. The fraction of sp³-hybridized carbons (Fsp3) is 0.227. The molecular formula is C22H21N3O. The van der Waals surface area contributed by atoms with Crippen LogP contribution in [-0.2, 0) is 0 Å². The van der Waals surface area contributed by atoms with Crippen molar-refractivity contribution in [3.8, 4) is 17.0 Å². The van der Waals surface area contributed by atoms with E-state index in [-0.39, 0.29) is 5.88 Å². The second-order valence-electron chi connectivity index (χ2n) is 7.35. The highest BCUT2D eigenvalue weighted by Gasteiger charge is 2.28. The lowest BCUT2D eigenvalue weighted by Crippen LogP contribution is -1.95. The minimum Gasteiger partial charge on any atom is -0.494 e. The number of para-hydroxylation sites is 1. The number of rotatable bonds is 2. The molecule has 0 unspecified atom stereocenters. The van der Waals surface area contributed by atoms with Gasteiger partial charge in [-0.05, 0) is 43.4 Å². The van der Waals surface area contributed by atoms with Gasteiger partial charge in [0, 0.05) is 23.2 Å². The molecule has 0 radical (unpaired) electrons. The standard InChI is InChI=1S/C22H21N3O/c1-12-5-3-6-13(2)18(12)15-7-4-8-16-20(23)19-17(24-21(15)16)11-25(22(19)26)14-9-10-14/h3-8,11,14,26H,9-10,23H2,1-2H3. The Hall–Kier alpha value is -3.01. The van der Waals surface area contributed by atoms with E-state index >= 15 is 0 Å². The average Bonchev–Trinajstić information content (AvgIpc) is 3.40. The molecule has 5 rings (SSSR count). The van der Waals surface area contributed by atoms with Crippen LogP contribution in [0.5, 0.6) is 5.88 Å². The fourth-order valence-electron chi connectivity index (χ4n) is 4.05. The van der Waals surface area contributed by atoms with E-state index in [2.05, 4.69) is 38.1 Å². The largest absolute Gasteiger partial charge is 0.494 e. The molecule has 3 N–H and O–H groups in total. The summed E-state index contributed by atoms with van der Waals surface area (Å²) in [5, 5.41) is 12.2. The molecule has 4 heteroatoms. The molecule has 1 saturated carbocycles. The molecule has 2 aromatic carbocycles. The molecular weight excluding hydrogens is 322 g/mol. The Morgan fingerprint density at radius 1 is 1.08 bits per heavy atom. The molecule has 26 heavy (non-hydrogen) atoms. The van der Waals surface area contributed by atoms with Gasteiger partial charge in [-0.1, -0.05) is 36.4 Å². The van der Waals surface area contributed by atoms with Crippen LogP contribution in [0.3, 0.4) is 0 Å². The van der Waals surface area contributed by atoms with Crippen LogP contribution in [0.1, 0.15) is 30.0 Å². The Morgan fingerprint density at radius 2 is 1.77 bits per heavy atom. The molecule has 0 aliphatic heterocycles. The Kier molecular flexibility index (Phi) is 3.08. The summed E-state index contributed by atoms with van der Waals surface area (Å²) in [6.07, 6.45) is 4.14. The number of aromatic hydroxyl groups is 1. The average molecular weight is 343 g/mol. The molecule has 4 aromatic rings. The zero-order chi connectivity index (χ0) is 18.0. The van der Waals surface area contributed by atoms with Crippen molar-refractivity contribution < 1.29 is 5.11 Å². The molecule has 0 amide bonds. The third kappa shape index (κ3) is 2.05. The topological polar surface area (TPSA) is 64.1 Å². The van der Waals surface area contributed by atoms with Crippen LogP contribution in [0.4, 0.5) is 5.69 Å². The molecule has 0 saturated heterocycles. The van der Waals surface area contributed by atoms with Crippen LogP contribution >= 0.6 is 0 Å². The van der Waals surface area contributed by atoms with Gasteiger partial charge in [-0.2, -0.15) is 0 Å². The highest BCUT2D eigenvalue weighted by molar-refractivity contribution is 6.12. The normalized spacial score (nSPS) is 14.4. The zero-order valence-corrected chi connectivity index (χ0v) is 15.0. The van der Waals surface area contributed by atoms with Gasteiger partial charge >= 0.3 is 0 Å². The number of nitrogens with zero attached hydrogens (tertiary/aromatic N) is 2. The van der Waals surface area contributed by atoms with Crippen LogP contribution in [0, 0.1) is 13.8 Å². The number of nitrogen functional groups attached to an aromatic ring is 1. The lowest BCUT2D eigenvalue weighted by atomic mass is 9.93. The molecule has 0 atom stereocenters. The summed E-state index contributed by atoms with van der Waals surface area (Å²) < 4.78 is 1.92. The molecule has 1 aliphatic carbocycles. The minimum absolute atomic E-state index is 0.242. The maximum absolute atomic E-state index is 10.7. The van der Waals surface area contributed by atoms with Gasteiger partial charge in [0.25, 0.3) is 0 Å². The first kappa shape index (κ1) is 15.3. The minimum atomic E-state index is 0.242. The smallest absolute Gasteiger partial charge is 0.203 e. The van der Waals surface area contributed by atoms with Gasteiger partial charge in [-0.25, -0.2) is 4.98 Å². The summed E-state index contributed by atoms with van der Waals surface area (Å²) >= 11 is 0. The second kappa shape index (κ2) is 5.24. The number of benzene rings is 2. The van der Waals surface area contributed by atoms with E-state index in [9.17, 15) is 5.11 Å². The summed E-state index contributed by atoms with van der Waals surface area (Å²) in [6, 6.07) is 12.8. The maximum Gasteiger partial charge on any atom is 0.203 e. The van der Waals surface area contributed by atoms with Crippen LogP contribution in [0.25, 0.3) is 32.9 Å². The Morgan fingerprint density at radius 3 is 2.46 bits per heavy atom. The van der Waals surface area contributed by atoms with E-state index < -0.39 is 0 Å². The molecule has 130 valence electrons. The summed E-state index contributed by atoms with van der Waals surface area (Å²) in [6.45, 7) is 4.25. The van der Waals surface area contributed by atoms with Crippen molar-refractivity contribution >= 4 is 27.5 Å². The summed E-state index contributed by atoms with van der Waals surface area (Å²) in [5.41, 5.74) is 13.5. The van der Waals surface area contributed by atoms with Crippen molar-refractivity contribution in [2.75, 3.05) is 5.73 Å². The van der Waals surface area contributed by atoms with Crippen LogP contribution in [-0.4, -0.2) is 14.7 Å². The van der Waals surface area contributed by atoms with Crippen LogP contribution in [0.15, 0.2) is 42.6 Å². The van der Waals surface area contributed by atoms with Gasteiger partial charge in [0.15, 0.2) is 0 Å². The van der Waals surface area contributed by atoms with Crippen molar-refractivity contribution in [2.24, 2.45) is 0 Å². The second-order valence-corrected chi connectivity index (χ2v) is 7.35. The van der Waals surface area contributed by atoms with Gasteiger partial charge in [-0.3, -0.25) is 0 Å². The van der Waals surface area contributed by atoms with Crippen molar-refractivity contribution in [3.05, 3.63) is 53.7 Å². The van der Waals surface area contributed by atoms with Crippen molar-refractivity contribution in [1.29, 1.82) is 0 Å². The first-order chi connectivity index (χ1) is 12.6. The molecule has 4 nitrogen and oxygen atoms in total. The third-order valence-electron chi connectivity index (χ3n) is 5.50. The van der Waals surface area contributed by atoms with E-state index in [1.807, 2.05) is 22.9 Å². The number of hydrogen-bond acceptors (Lipinski definition) is 3. The number of aryl methyl sites for hydroxylation is 2. The third-order valence-corrected chi connectivity index (χ3v) is 5.50. The van der Waals surface area contributed by atoms with E-state index in [0.717, 1.165) is 34.8 Å². The highest BCUT2D eigenvalue weighted by Crippen LogP contribution is 2.45. The molecule has 1 aliphatic rings. The van der Waals surface area contributed by atoms with Crippen LogP contribution < -0.4 is 5.73 Å². The quantitative estimate of drug-likeness (QED) is 0.532. The SMILES string of the molecule is Cc1cccc(C)c1-c1cccc2c(N)c3c(O)n(C4CC4)cc3nc12. The van der Waals surface area contributed by atoms with Gasteiger partial charge in [-0.15, -0.1) is 0 Å². The number of pyridine rings is 1. The Balaban J connectivity index is 1.88. The first-order valence-electron chi connectivity index (χ1n) is 9.04. The number of aromatic nitrogens is 2. The number of fused-ring (bicyclic) bond motifs is 2. The van der Waals surface area contributed by atoms with Gasteiger partial charge in [0.2, 0.25) is 5.88 Å². The van der Waals surface area contributed by atoms with E-state index in [4.69, 9.17) is 10.7 Å². The highest BCUT2D eigenvalue weighted by atomic mass is 16.3. The van der Waals surface area contributed by atoms with Gasteiger partial charge in [0.05, 0.1) is 22.1 Å². The Bertz CT molecular complexity index is 1170. The summed E-state index contributed by atoms with van der Waals surface area (Å²) in [4.78, 5) is 4.93. The number of nitrogens with two attached hydrogens (primary N) is 1. The lowest BCUT2D eigenvalue weighted by molar-refractivity contribution is 0.424. The molecule has 0 bridgehead atoms. The summed E-state index contributed by atoms with van der Waals surface area (Å²) in [7, 11) is 0. The molecule has 0 spiro atoms. The van der Waals surface area contributed by atoms with E-state index in [1.165, 1.54) is 16.7 Å². The van der Waals surface area contributed by atoms with Gasteiger partial charge < -0.3 is 15.4 Å². The Labute approximate surface area is 151 Å². The maximum atomic E-state index is 10.7. The van der Waals surface area contributed by atoms with Gasteiger partial charge in [0.1, 0.15) is 0 Å². The van der Waals surface area contributed by atoms with Crippen LogP contribution in [0.2, 0.25) is 0 Å². The predicted molar refractivity (Wildman–Crippen MR) is 106 cm³/mol. The van der Waals surface area contributed by atoms with E-state index in [0.29, 0.717) is 17.1 Å². The molecule has 1 fully saturated rings. The fourth-order valence-corrected chi connectivity index (χ4v) is 4.05. The monoisotopic (exact) mass is 343 g/mol. The summed E-state index contributed by atoms with van der Waals surface area (Å²) in [5.74, 6) is 0.242. The first-order valence-corrected chi connectivity index (χ1v) is 9.04. The van der Waals surface area contributed by atoms with Crippen molar-refractivity contribution in [2.45, 2.75) is 32.7 Å². The molecule has 2 aromatic heterocycles. The predicted octanol–water partition coefficient (Wildman–Crippen LogP) is 5.10. The zero-order valence-electron chi connectivity index (χ0n) is 15.0. The van der Waals surface area contributed by atoms with Crippen molar-refractivity contribution in [1.82, 2.24) is 9.55 Å².